The van der Waals surface area contributed by atoms with Crippen molar-refractivity contribution in [1.29, 1.82) is 0 Å². The van der Waals surface area contributed by atoms with E-state index in [1.54, 1.807) is 0 Å². The molecule has 0 aliphatic carbocycles. The molecular formula is C9H5F6N3. The Morgan fingerprint density at radius 1 is 1.06 bits per heavy atom. The molecule has 0 unspecified atom stereocenters. The summed E-state index contributed by atoms with van der Waals surface area (Å²) in [7, 11) is 0. The summed E-state index contributed by atoms with van der Waals surface area (Å²) in [5, 5.41) is 3.00. The van der Waals surface area contributed by atoms with E-state index in [9.17, 15) is 26.3 Å². The fourth-order valence-corrected chi connectivity index (χ4v) is 1.42. The van der Waals surface area contributed by atoms with E-state index in [0.717, 1.165) is 6.07 Å². The molecule has 0 aliphatic rings. The molecule has 2 rings (SSSR count). The maximum atomic E-state index is 12.5. The van der Waals surface area contributed by atoms with Crippen LogP contribution in [0.15, 0.2) is 12.3 Å². The number of rotatable bonds is 0. The lowest BCUT2D eigenvalue weighted by Crippen LogP contribution is -2.09. The molecule has 0 aliphatic heterocycles. The Bertz CT molecular complexity index is 595. The van der Waals surface area contributed by atoms with E-state index in [2.05, 4.69) is 10.1 Å². The Hall–Kier alpha value is -1.80. The number of nitrogens with zero attached hydrogens (tertiary/aromatic N) is 3. The molecular weight excluding hydrogens is 264 g/mol. The highest BCUT2D eigenvalue weighted by molar-refractivity contribution is 5.48. The largest absolute Gasteiger partial charge is 0.453 e. The van der Waals surface area contributed by atoms with E-state index in [4.69, 9.17) is 0 Å². The highest BCUT2D eigenvalue weighted by Gasteiger charge is 2.37. The van der Waals surface area contributed by atoms with Gasteiger partial charge in [0.1, 0.15) is 0 Å². The van der Waals surface area contributed by atoms with Crippen molar-refractivity contribution >= 4 is 5.65 Å². The van der Waals surface area contributed by atoms with Gasteiger partial charge < -0.3 is 0 Å². The summed E-state index contributed by atoms with van der Waals surface area (Å²) in [6, 6.07) is 0.726. The van der Waals surface area contributed by atoms with Crippen LogP contribution in [0.2, 0.25) is 0 Å². The SMILES string of the molecule is Cc1cc(C(F)(F)F)cn2nc(C(F)(F)F)nc12. The average molecular weight is 269 g/mol. The highest BCUT2D eigenvalue weighted by atomic mass is 19.4. The molecule has 2 aromatic rings. The van der Waals surface area contributed by atoms with Crippen LogP contribution in [-0.4, -0.2) is 14.6 Å². The number of hydrogen-bond donors (Lipinski definition) is 0. The molecule has 9 heteroatoms. The van der Waals surface area contributed by atoms with Gasteiger partial charge in [-0.3, -0.25) is 0 Å². The number of aryl methyl sites for hydroxylation is 1. The molecule has 0 bridgehead atoms. The van der Waals surface area contributed by atoms with Crippen molar-refractivity contribution in [3.63, 3.8) is 0 Å². The van der Waals surface area contributed by atoms with E-state index in [1.165, 1.54) is 6.92 Å². The monoisotopic (exact) mass is 269 g/mol. The Balaban J connectivity index is 2.67. The molecule has 0 atom stereocenters. The molecule has 0 saturated heterocycles. The van der Waals surface area contributed by atoms with Crippen LogP contribution in [0.4, 0.5) is 26.3 Å². The van der Waals surface area contributed by atoms with Gasteiger partial charge in [-0.15, -0.1) is 5.10 Å². The van der Waals surface area contributed by atoms with Gasteiger partial charge in [-0.2, -0.15) is 26.3 Å². The Kier molecular flexibility index (Phi) is 2.53. The second-order valence-electron chi connectivity index (χ2n) is 3.61. The van der Waals surface area contributed by atoms with Gasteiger partial charge in [0.2, 0.25) is 0 Å². The van der Waals surface area contributed by atoms with Gasteiger partial charge >= 0.3 is 12.4 Å². The van der Waals surface area contributed by atoms with Crippen LogP contribution in [0, 0.1) is 6.92 Å². The molecule has 0 N–H and O–H groups in total. The summed E-state index contributed by atoms with van der Waals surface area (Å²) >= 11 is 0. The lowest BCUT2D eigenvalue weighted by Gasteiger charge is -2.07. The first-order valence-corrected chi connectivity index (χ1v) is 4.60. The average Bonchev–Trinajstić information content (AvgIpc) is 2.59. The van der Waals surface area contributed by atoms with Crippen molar-refractivity contribution in [2.24, 2.45) is 0 Å². The standard InChI is InChI=1S/C9H5F6N3/c1-4-2-5(8(10,11)12)3-18-6(4)16-7(17-18)9(13,14)15/h2-3H,1H3. The first-order chi connectivity index (χ1) is 8.09. The number of pyridine rings is 1. The molecule has 3 nitrogen and oxygen atoms in total. The molecule has 2 aromatic heterocycles. The topological polar surface area (TPSA) is 30.2 Å². The predicted molar refractivity (Wildman–Crippen MR) is 47.7 cm³/mol. The molecule has 0 fully saturated rings. The minimum Gasteiger partial charge on any atom is -0.220 e. The van der Waals surface area contributed by atoms with E-state index in [-0.39, 0.29) is 11.2 Å². The molecule has 0 amide bonds. The van der Waals surface area contributed by atoms with Crippen molar-refractivity contribution < 1.29 is 26.3 Å². The zero-order valence-corrected chi connectivity index (χ0v) is 8.76. The quantitative estimate of drug-likeness (QED) is 0.688. The molecule has 98 valence electrons. The summed E-state index contributed by atoms with van der Waals surface area (Å²) in [5.74, 6) is -1.47. The second kappa shape index (κ2) is 3.59. The van der Waals surface area contributed by atoms with E-state index in [1.807, 2.05) is 0 Å². The van der Waals surface area contributed by atoms with Gasteiger partial charge in [0.05, 0.1) is 5.56 Å². The van der Waals surface area contributed by atoms with Crippen molar-refractivity contribution in [1.82, 2.24) is 14.6 Å². The zero-order chi connectivity index (χ0) is 13.7. The number of halogens is 6. The van der Waals surface area contributed by atoms with Crippen molar-refractivity contribution in [3.8, 4) is 0 Å². The van der Waals surface area contributed by atoms with Gasteiger partial charge in [-0.1, -0.05) is 0 Å². The number of aromatic nitrogens is 3. The molecule has 0 aromatic carbocycles. The van der Waals surface area contributed by atoms with Crippen molar-refractivity contribution in [2.75, 3.05) is 0 Å². The first-order valence-electron chi connectivity index (χ1n) is 4.60. The van der Waals surface area contributed by atoms with Gasteiger partial charge in [0, 0.05) is 6.20 Å². The van der Waals surface area contributed by atoms with Crippen LogP contribution in [0.25, 0.3) is 5.65 Å². The lowest BCUT2D eigenvalue weighted by molar-refractivity contribution is -0.144. The Morgan fingerprint density at radius 2 is 1.67 bits per heavy atom. The normalized spacial score (nSPS) is 13.3. The fraction of sp³-hybridized carbons (Fsp3) is 0.333. The fourth-order valence-electron chi connectivity index (χ4n) is 1.42. The van der Waals surface area contributed by atoms with E-state index in [0.29, 0.717) is 10.7 Å². The minimum atomic E-state index is -4.79. The predicted octanol–water partition coefficient (Wildman–Crippen LogP) is 3.08. The highest BCUT2D eigenvalue weighted by Crippen LogP contribution is 2.31. The molecule has 0 saturated carbocycles. The third-order valence-electron chi connectivity index (χ3n) is 2.20. The smallest absolute Gasteiger partial charge is 0.220 e. The van der Waals surface area contributed by atoms with Gasteiger partial charge in [-0.25, -0.2) is 9.50 Å². The summed E-state index contributed by atoms with van der Waals surface area (Å²) in [6.07, 6.45) is -8.97. The van der Waals surface area contributed by atoms with Crippen LogP contribution in [0.1, 0.15) is 17.0 Å². The third kappa shape index (κ3) is 2.12. The number of hydrogen-bond acceptors (Lipinski definition) is 2. The second-order valence-corrected chi connectivity index (χ2v) is 3.61. The molecule has 0 radical (unpaired) electrons. The summed E-state index contributed by atoms with van der Waals surface area (Å²) < 4.78 is 74.8. The van der Waals surface area contributed by atoms with Crippen LogP contribution in [0.5, 0.6) is 0 Å². The van der Waals surface area contributed by atoms with Gasteiger partial charge in [0.15, 0.2) is 5.65 Å². The zero-order valence-electron chi connectivity index (χ0n) is 8.76. The summed E-state index contributed by atoms with van der Waals surface area (Å²) in [5.41, 5.74) is -1.37. The molecule has 18 heavy (non-hydrogen) atoms. The van der Waals surface area contributed by atoms with Gasteiger partial charge in [-0.05, 0) is 18.6 Å². The summed E-state index contributed by atoms with van der Waals surface area (Å²) in [4.78, 5) is 3.17. The minimum absolute atomic E-state index is 0.0344. The third-order valence-corrected chi connectivity index (χ3v) is 2.20. The van der Waals surface area contributed by atoms with Crippen molar-refractivity contribution in [2.45, 2.75) is 19.3 Å². The summed E-state index contributed by atoms with van der Waals surface area (Å²) in [6.45, 7) is 1.24. The van der Waals surface area contributed by atoms with E-state index < -0.39 is 23.7 Å². The van der Waals surface area contributed by atoms with Crippen LogP contribution in [-0.2, 0) is 12.4 Å². The Morgan fingerprint density at radius 3 is 2.17 bits per heavy atom. The van der Waals surface area contributed by atoms with Crippen LogP contribution < -0.4 is 0 Å². The van der Waals surface area contributed by atoms with Crippen LogP contribution in [0.3, 0.4) is 0 Å². The maximum absolute atomic E-state index is 12.5. The molecule has 0 spiro atoms. The van der Waals surface area contributed by atoms with Crippen molar-refractivity contribution in [3.05, 3.63) is 29.2 Å². The Labute approximate surface area is 96.0 Å². The molecule has 2 heterocycles. The maximum Gasteiger partial charge on any atom is 0.453 e. The first kappa shape index (κ1) is 12.7. The van der Waals surface area contributed by atoms with E-state index >= 15 is 0 Å². The van der Waals surface area contributed by atoms with Gasteiger partial charge in [0.25, 0.3) is 5.82 Å². The lowest BCUT2D eigenvalue weighted by atomic mass is 10.2. The number of fused-ring (bicyclic) bond motifs is 1. The number of alkyl halides is 6. The van der Waals surface area contributed by atoms with Crippen LogP contribution >= 0.6 is 0 Å².